The fourth-order valence-corrected chi connectivity index (χ4v) is 2.76. The lowest BCUT2D eigenvalue weighted by atomic mass is 9.83. The van der Waals surface area contributed by atoms with E-state index < -0.39 is 11.6 Å². The van der Waals surface area contributed by atoms with Crippen LogP contribution < -0.4 is 5.32 Å². The Kier molecular flexibility index (Phi) is 3.24. The zero-order chi connectivity index (χ0) is 15.1. The molecule has 3 rings (SSSR count). The molecule has 0 saturated heterocycles. The summed E-state index contributed by atoms with van der Waals surface area (Å²) in [5.74, 6) is -2.12. The van der Waals surface area contributed by atoms with Crippen molar-refractivity contribution in [2.75, 3.05) is 5.32 Å². The van der Waals surface area contributed by atoms with E-state index in [2.05, 4.69) is 5.32 Å². The van der Waals surface area contributed by atoms with Crippen LogP contribution in [0.3, 0.4) is 0 Å². The van der Waals surface area contributed by atoms with Crippen LogP contribution in [-0.4, -0.2) is 5.91 Å². The normalized spacial score (nSPS) is 17.3. The second-order valence-electron chi connectivity index (χ2n) is 5.50. The van der Waals surface area contributed by atoms with Crippen LogP contribution in [0.2, 0.25) is 0 Å². The number of carbonyl (C=O) groups is 1. The molecule has 0 aliphatic carbocycles. The van der Waals surface area contributed by atoms with Gasteiger partial charge in [-0.2, -0.15) is 0 Å². The molecule has 2 aromatic rings. The number of hydrogen-bond acceptors (Lipinski definition) is 1. The Hall–Kier alpha value is -2.23. The highest BCUT2D eigenvalue weighted by Gasteiger charge is 2.27. The quantitative estimate of drug-likeness (QED) is 0.842. The van der Waals surface area contributed by atoms with Gasteiger partial charge in [0.1, 0.15) is 0 Å². The zero-order valence-electron chi connectivity index (χ0n) is 11.8. The van der Waals surface area contributed by atoms with Gasteiger partial charge in [0.15, 0.2) is 11.6 Å². The summed E-state index contributed by atoms with van der Waals surface area (Å²) < 4.78 is 26.6. The highest BCUT2D eigenvalue weighted by molar-refractivity contribution is 5.95. The number of aryl methyl sites for hydroxylation is 2. The van der Waals surface area contributed by atoms with Crippen molar-refractivity contribution in [3.8, 4) is 0 Å². The highest BCUT2D eigenvalue weighted by atomic mass is 19.2. The van der Waals surface area contributed by atoms with Crippen LogP contribution in [0.15, 0.2) is 30.3 Å². The van der Waals surface area contributed by atoms with Gasteiger partial charge >= 0.3 is 0 Å². The molecule has 21 heavy (non-hydrogen) atoms. The Balaban J connectivity index is 2.14. The average molecular weight is 287 g/mol. The summed E-state index contributed by atoms with van der Waals surface area (Å²) in [5, 5.41) is 2.85. The smallest absolute Gasteiger partial charge is 0.225 e. The Morgan fingerprint density at radius 2 is 1.76 bits per heavy atom. The van der Waals surface area contributed by atoms with E-state index >= 15 is 0 Å². The molecule has 1 heterocycles. The average Bonchev–Trinajstić information content (AvgIpc) is 2.43. The van der Waals surface area contributed by atoms with Crippen molar-refractivity contribution >= 4 is 11.6 Å². The molecule has 108 valence electrons. The number of benzene rings is 2. The summed E-state index contributed by atoms with van der Waals surface area (Å²) in [6, 6.07) is 7.76. The highest BCUT2D eigenvalue weighted by Crippen LogP contribution is 2.38. The van der Waals surface area contributed by atoms with Crippen molar-refractivity contribution < 1.29 is 13.6 Å². The molecule has 4 heteroatoms. The second-order valence-corrected chi connectivity index (χ2v) is 5.50. The van der Waals surface area contributed by atoms with Gasteiger partial charge in [-0.25, -0.2) is 8.78 Å². The maximum absolute atomic E-state index is 13.5. The van der Waals surface area contributed by atoms with Crippen LogP contribution in [0.1, 0.15) is 34.6 Å². The fourth-order valence-electron chi connectivity index (χ4n) is 2.76. The van der Waals surface area contributed by atoms with Crippen molar-refractivity contribution in [3.63, 3.8) is 0 Å². The summed E-state index contributed by atoms with van der Waals surface area (Å²) in [5.41, 5.74) is 4.51. The Morgan fingerprint density at radius 3 is 2.48 bits per heavy atom. The van der Waals surface area contributed by atoms with Crippen molar-refractivity contribution in [3.05, 3.63) is 64.2 Å². The van der Waals surface area contributed by atoms with Gasteiger partial charge in [-0.05, 0) is 54.3 Å². The van der Waals surface area contributed by atoms with Gasteiger partial charge in [0.25, 0.3) is 0 Å². The summed E-state index contributed by atoms with van der Waals surface area (Å²) in [7, 11) is 0. The SMILES string of the molecule is Cc1cc2c(cc1C)C(c1ccc(F)c(F)c1)CC(=O)N2. The fraction of sp³-hybridized carbons (Fsp3) is 0.235. The third-order valence-corrected chi connectivity index (χ3v) is 4.05. The molecule has 0 spiro atoms. The van der Waals surface area contributed by atoms with Gasteiger partial charge in [0.05, 0.1) is 0 Å². The second kappa shape index (κ2) is 4.95. The van der Waals surface area contributed by atoms with E-state index in [4.69, 9.17) is 0 Å². The maximum Gasteiger partial charge on any atom is 0.225 e. The first-order chi connectivity index (χ1) is 9.95. The molecule has 1 amide bonds. The standard InChI is InChI=1S/C17H15F2NO/c1-9-5-13-12(11-3-4-14(18)15(19)7-11)8-17(21)20-16(13)6-10(9)2/h3-7,12H,8H2,1-2H3,(H,20,21). The van der Waals surface area contributed by atoms with Gasteiger partial charge in [0.2, 0.25) is 5.91 Å². The maximum atomic E-state index is 13.5. The van der Waals surface area contributed by atoms with E-state index in [0.717, 1.165) is 28.4 Å². The lowest BCUT2D eigenvalue weighted by molar-refractivity contribution is -0.116. The Labute approximate surface area is 121 Å². The lowest BCUT2D eigenvalue weighted by Gasteiger charge is -2.27. The molecular formula is C17H15F2NO. The monoisotopic (exact) mass is 287 g/mol. The van der Waals surface area contributed by atoms with Crippen molar-refractivity contribution in [2.45, 2.75) is 26.2 Å². The predicted molar refractivity (Wildman–Crippen MR) is 77.4 cm³/mol. The van der Waals surface area contributed by atoms with Gasteiger partial charge in [-0.3, -0.25) is 4.79 Å². The molecule has 0 fully saturated rings. The first-order valence-electron chi connectivity index (χ1n) is 6.81. The van der Waals surface area contributed by atoms with E-state index in [1.807, 2.05) is 26.0 Å². The summed E-state index contributed by atoms with van der Waals surface area (Å²) in [6.45, 7) is 3.97. The Bertz CT molecular complexity index is 740. The van der Waals surface area contributed by atoms with Crippen LogP contribution in [0.4, 0.5) is 14.5 Å². The van der Waals surface area contributed by atoms with Crippen LogP contribution in [0.5, 0.6) is 0 Å². The minimum atomic E-state index is -0.885. The largest absolute Gasteiger partial charge is 0.326 e. The van der Waals surface area contributed by atoms with Gasteiger partial charge < -0.3 is 5.32 Å². The molecule has 1 N–H and O–H groups in total. The molecule has 0 bridgehead atoms. The van der Waals surface area contributed by atoms with Crippen LogP contribution in [0.25, 0.3) is 0 Å². The van der Waals surface area contributed by atoms with Crippen LogP contribution in [0, 0.1) is 25.5 Å². The van der Waals surface area contributed by atoms with Crippen LogP contribution >= 0.6 is 0 Å². The van der Waals surface area contributed by atoms with E-state index in [0.29, 0.717) is 5.56 Å². The first-order valence-corrected chi connectivity index (χ1v) is 6.81. The van der Waals surface area contributed by atoms with Gasteiger partial charge in [0, 0.05) is 18.0 Å². The molecule has 0 radical (unpaired) electrons. The predicted octanol–water partition coefficient (Wildman–Crippen LogP) is 4.06. The van der Waals surface area contributed by atoms with Crippen molar-refractivity contribution in [2.24, 2.45) is 0 Å². The lowest BCUT2D eigenvalue weighted by Crippen LogP contribution is -2.24. The van der Waals surface area contributed by atoms with E-state index in [1.165, 1.54) is 6.07 Å². The van der Waals surface area contributed by atoms with Crippen molar-refractivity contribution in [1.82, 2.24) is 0 Å². The molecule has 1 unspecified atom stereocenters. The van der Waals surface area contributed by atoms with Crippen LogP contribution in [-0.2, 0) is 4.79 Å². The topological polar surface area (TPSA) is 29.1 Å². The molecule has 1 atom stereocenters. The minimum Gasteiger partial charge on any atom is -0.326 e. The van der Waals surface area contributed by atoms with E-state index in [-0.39, 0.29) is 18.2 Å². The van der Waals surface area contributed by atoms with E-state index in [1.54, 1.807) is 6.07 Å². The number of anilines is 1. The molecule has 1 aliphatic heterocycles. The summed E-state index contributed by atoms with van der Waals surface area (Å²) in [4.78, 5) is 11.9. The molecule has 0 saturated carbocycles. The molecule has 1 aliphatic rings. The van der Waals surface area contributed by atoms with Crippen molar-refractivity contribution in [1.29, 1.82) is 0 Å². The number of nitrogens with one attached hydrogen (secondary N) is 1. The minimum absolute atomic E-state index is 0.111. The third-order valence-electron chi connectivity index (χ3n) is 4.05. The Morgan fingerprint density at radius 1 is 1.05 bits per heavy atom. The molecule has 0 aromatic heterocycles. The molecular weight excluding hydrogens is 272 g/mol. The van der Waals surface area contributed by atoms with Gasteiger partial charge in [-0.1, -0.05) is 12.1 Å². The number of hydrogen-bond donors (Lipinski definition) is 1. The molecule has 2 nitrogen and oxygen atoms in total. The number of rotatable bonds is 1. The molecule has 2 aromatic carbocycles. The number of carbonyl (C=O) groups excluding carboxylic acids is 1. The first kappa shape index (κ1) is 13.7. The van der Waals surface area contributed by atoms with Gasteiger partial charge in [-0.15, -0.1) is 0 Å². The third kappa shape index (κ3) is 2.42. The number of amides is 1. The number of fused-ring (bicyclic) bond motifs is 1. The zero-order valence-corrected chi connectivity index (χ0v) is 11.8. The summed E-state index contributed by atoms with van der Waals surface area (Å²) >= 11 is 0. The van der Waals surface area contributed by atoms with E-state index in [9.17, 15) is 13.6 Å². The summed E-state index contributed by atoms with van der Waals surface area (Å²) in [6.07, 6.45) is 0.237. The number of halogens is 2.